The van der Waals surface area contributed by atoms with Crippen LogP contribution in [0, 0.1) is 0 Å². The third-order valence-corrected chi connectivity index (χ3v) is 5.46. The van der Waals surface area contributed by atoms with Crippen LogP contribution in [-0.2, 0) is 29.3 Å². The van der Waals surface area contributed by atoms with Gasteiger partial charge < -0.3 is 23.0 Å². The largest absolute Gasteiger partial charge is 0.654 e. The highest BCUT2D eigenvalue weighted by molar-refractivity contribution is 7.50. The van der Waals surface area contributed by atoms with Crippen molar-refractivity contribution >= 4 is 7.82 Å². The van der Waals surface area contributed by atoms with Gasteiger partial charge in [-0.2, -0.15) is 4.57 Å². The maximum atomic E-state index is 11.6. The molecule has 144 valence electrons. The topological polar surface area (TPSA) is 63.2 Å². The normalized spacial score (nSPS) is 17.6. The zero-order valence-electron chi connectivity index (χ0n) is 15.4. The summed E-state index contributed by atoms with van der Waals surface area (Å²) in [7, 11) is -3.40. The molecule has 1 saturated heterocycles. The molecule has 3 heterocycles. The molecular formula is C19H27O6P. The number of aryl methyl sites for hydroxylation is 1. The van der Waals surface area contributed by atoms with Gasteiger partial charge in [-0.1, -0.05) is 51.7 Å². The van der Waals surface area contributed by atoms with Crippen molar-refractivity contribution in [3.05, 3.63) is 41.7 Å². The van der Waals surface area contributed by atoms with Crippen LogP contribution in [-0.4, -0.2) is 6.29 Å². The Morgan fingerprint density at radius 3 is 2.27 bits per heavy atom. The highest BCUT2D eigenvalue weighted by Crippen LogP contribution is 2.70. The van der Waals surface area contributed by atoms with E-state index in [0.717, 1.165) is 25.0 Å². The third-order valence-electron chi connectivity index (χ3n) is 4.29. The highest BCUT2D eigenvalue weighted by Gasteiger charge is 2.58. The highest BCUT2D eigenvalue weighted by atomic mass is 31.2. The lowest BCUT2D eigenvalue weighted by Gasteiger charge is -2.19. The number of rotatable bonds is 12. The van der Waals surface area contributed by atoms with Gasteiger partial charge in [0, 0.05) is 6.42 Å². The van der Waals surface area contributed by atoms with Gasteiger partial charge in [0.15, 0.2) is 0 Å². The first-order valence-electron chi connectivity index (χ1n) is 9.47. The van der Waals surface area contributed by atoms with E-state index >= 15 is 0 Å². The van der Waals surface area contributed by atoms with Crippen LogP contribution in [0.25, 0.3) is 0 Å². The van der Waals surface area contributed by atoms with Crippen molar-refractivity contribution < 1.29 is 27.6 Å². The quantitative estimate of drug-likeness (QED) is 0.250. The van der Waals surface area contributed by atoms with E-state index in [1.54, 1.807) is 0 Å². The number of ether oxygens (including phenoxy) is 2. The molecule has 0 spiro atoms. The summed E-state index contributed by atoms with van der Waals surface area (Å²) >= 11 is 0. The zero-order chi connectivity index (χ0) is 18.4. The van der Waals surface area contributed by atoms with E-state index in [1.165, 1.54) is 31.2 Å². The molecule has 7 heteroatoms. The first-order valence-corrected chi connectivity index (χ1v) is 10.9. The van der Waals surface area contributed by atoms with Gasteiger partial charge in [0.2, 0.25) is 6.29 Å². The number of fused-ring (bicyclic) bond motifs is 1. The van der Waals surface area contributed by atoms with Crippen molar-refractivity contribution in [2.45, 2.75) is 71.5 Å². The second kappa shape index (κ2) is 8.72. The smallest absolute Gasteiger partial charge is 0.455 e. The van der Waals surface area contributed by atoms with Crippen molar-refractivity contribution in [1.82, 2.24) is 0 Å². The molecule has 0 radical (unpaired) electrons. The lowest BCUT2D eigenvalue weighted by molar-refractivity contribution is -0.0802. The molecule has 1 fully saturated rings. The first-order chi connectivity index (χ1) is 12.6. The van der Waals surface area contributed by atoms with Crippen LogP contribution in [0.15, 0.2) is 36.2 Å². The molecule has 1 aromatic carbocycles. The molecule has 3 aliphatic rings. The molecule has 0 saturated carbocycles. The molecule has 6 nitrogen and oxygen atoms in total. The predicted octanol–water partition coefficient (Wildman–Crippen LogP) is 6.03. The SMILES string of the molecule is CCCCCCc1ccc(OC(CCCC)OC2=C3OP(=O)(O2)O3)cc1. The standard InChI is InChI=1S/C19H27O6P/c1-3-5-7-8-9-15-11-13-16(14-12-15)21-17(10-6-4-2)22-18-19-24-26(20,23-18)25-19/h11-14,17H,3-10H2,1-2H3. The van der Waals surface area contributed by atoms with Crippen LogP contribution in [0.2, 0.25) is 0 Å². The Bertz CT molecular complexity index is 657. The minimum absolute atomic E-state index is 0.0157. The Labute approximate surface area is 155 Å². The summed E-state index contributed by atoms with van der Waals surface area (Å²) in [6, 6.07) is 8.10. The van der Waals surface area contributed by atoms with Gasteiger partial charge in [0.25, 0.3) is 0 Å². The van der Waals surface area contributed by atoms with Gasteiger partial charge in [-0.25, -0.2) is 0 Å². The van der Waals surface area contributed by atoms with Crippen LogP contribution < -0.4 is 4.74 Å². The fourth-order valence-corrected chi connectivity index (χ4v) is 3.77. The average Bonchev–Trinajstić information content (AvgIpc) is 3.09. The van der Waals surface area contributed by atoms with Crippen molar-refractivity contribution in [2.75, 3.05) is 0 Å². The minimum atomic E-state index is -3.40. The van der Waals surface area contributed by atoms with E-state index in [1.807, 2.05) is 12.1 Å². The van der Waals surface area contributed by atoms with E-state index in [0.29, 0.717) is 6.42 Å². The number of benzene rings is 1. The Morgan fingerprint density at radius 1 is 0.923 bits per heavy atom. The predicted molar refractivity (Wildman–Crippen MR) is 97.2 cm³/mol. The van der Waals surface area contributed by atoms with Crippen molar-refractivity contribution in [3.63, 3.8) is 0 Å². The van der Waals surface area contributed by atoms with Gasteiger partial charge in [0.1, 0.15) is 5.75 Å². The second-order valence-electron chi connectivity index (χ2n) is 6.56. The first kappa shape index (κ1) is 19.0. The maximum absolute atomic E-state index is 11.6. The molecule has 1 atom stereocenters. The fraction of sp³-hybridized carbons (Fsp3) is 0.579. The second-order valence-corrected chi connectivity index (χ2v) is 8.00. The lowest BCUT2D eigenvalue weighted by Crippen LogP contribution is -2.20. The van der Waals surface area contributed by atoms with E-state index in [-0.39, 0.29) is 11.9 Å². The van der Waals surface area contributed by atoms with Crippen molar-refractivity contribution in [3.8, 4) is 5.75 Å². The molecule has 2 bridgehead atoms. The zero-order valence-corrected chi connectivity index (χ0v) is 16.3. The van der Waals surface area contributed by atoms with Crippen LogP contribution in [0.5, 0.6) is 5.75 Å². The molecule has 3 aliphatic heterocycles. The summed E-state index contributed by atoms with van der Waals surface area (Å²) in [5.41, 5.74) is 1.31. The summed E-state index contributed by atoms with van der Waals surface area (Å²) in [6.45, 7) is 4.32. The molecule has 0 amide bonds. The van der Waals surface area contributed by atoms with Crippen LogP contribution >= 0.6 is 7.82 Å². The van der Waals surface area contributed by atoms with E-state index in [9.17, 15) is 4.57 Å². The number of hydrogen-bond acceptors (Lipinski definition) is 6. The Hall–Kier alpha value is -1.81. The monoisotopic (exact) mass is 382 g/mol. The van der Waals surface area contributed by atoms with E-state index < -0.39 is 14.1 Å². The lowest BCUT2D eigenvalue weighted by atomic mass is 10.1. The minimum Gasteiger partial charge on any atom is -0.455 e. The Kier molecular flexibility index (Phi) is 6.36. The summed E-state index contributed by atoms with van der Waals surface area (Å²) < 4.78 is 38.0. The van der Waals surface area contributed by atoms with E-state index in [4.69, 9.17) is 23.0 Å². The van der Waals surface area contributed by atoms with Crippen LogP contribution in [0.1, 0.15) is 64.4 Å². The molecule has 0 N–H and O–H groups in total. The van der Waals surface area contributed by atoms with Gasteiger partial charge in [-0.3, -0.25) is 0 Å². The maximum Gasteiger partial charge on any atom is 0.654 e. The molecule has 0 aromatic heterocycles. The third kappa shape index (κ3) is 4.88. The molecule has 1 unspecified atom stereocenters. The van der Waals surface area contributed by atoms with Crippen molar-refractivity contribution in [1.29, 1.82) is 0 Å². The van der Waals surface area contributed by atoms with Gasteiger partial charge >= 0.3 is 19.7 Å². The molecular weight excluding hydrogens is 355 g/mol. The fourth-order valence-electron chi connectivity index (χ4n) is 2.80. The number of unbranched alkanes of at least 4 members (excludes halogenated alkanes) is 4. The van der Waals surface area contributed by atoms with Crippen LogP contribution in [0.4, 0.5) is 0 Å². The Balaban J connectivity index is 1.53. The average molecular weight is 382 g/mol. The summed E-state index contributed by atoms with van der Waals surface area (Å²) in [5, 5.41) is 0. The van der Waals surface area contributed by atoms with Crippen molar-refractivity contribution in [2.24, 2.45) is 0 Å². The van der Waals surface area contributed by atoms with E-state index in [2.05, 4.69) is 26.0 Å². The van der Waals surface area contributed by atoms with Gasteiger partial charge in [0.05, 0.1) is 0 Å². The summed E-state index contributed by atoms with van der Waals surface area (Å²) in [6.07, 6.45) is 8.19. The van der Waals surface area contributed by atoms with Gasteiger partial charge in [-0.15, -0.1) is 0 Å². The molecule has 4 rings (SSSR count). The van der Waals surface area contributed by atoms with Crippen LogP contribution in [0.3, 0.4) is 0 Å². The summed E-state index contributed by atoms with van der Waals surface area (Å²) in [4.78, 5) is 0. The Morgan fingerprint density at radius 2 is 1.65 bits per heavy atom. The number of phosphoric ester groups is 1. The number of phosphoric acid groups is 1. The molecule has 1 aromatic rings. The molecule has 26 heavy (non-hydrogen) atoms. The summed E-state index contributed by atoms with van der Waals surface area (Å²) in [5.74, 6) is 0.788. The molecule has 0 aliphatic carbocycles. The van der Waals surface area contributed by atoms with Gasteiger partial charge in [-0.05, 0) is 37.0 Å². The number of hydrogen-bond donors (Lipinski definition) is 0.